The van der Waals surface area contributed by atoms with Gasteiger partial charge in [0.05, 0.1) is 0 Å². The molecule has 0 saturated heterocycles. The first kappa shape index (κ1) is 12.3. The second kappa shape index (κ2) is 4.52. The molecule has 0 aliphatic rings. The standard InChI is InChI=1S/C8H24N3P/c1-8-12(9(2)3,10(4)5)11(6)7/h12H,8H2,1-7H3. The first-order valence-corrected chi connectivity index (χ1v) is 6.46. The van der Waals surface area contributed by atoms with Crippen molar-refractivity contribution >= 4 is 7.71 Å². The van der Waals surface area contributed by atoms with Crippen LogP contribution in [0.5, 0.6) is 0 Å². The summed E-state index contributed by atoms with van der Waals surface area (Å²) in [4.78, 5) is 0. The second-order valence-corrected chi connectivity index (χ2v) is 8.75. The van der Waals surface area contributed by atoms with E-state index in [0.29, 0.717) is 0 Å². The zero-order chi connectivity index (χ0) is 9.94. The minimum absolute atomic E-state index is 1.22. The van der Waals surface area contributed by atoms with E-state index in [2.05, 4.69) is 63.2 Å². The van der Waals surface area contributed by atoms with Crippen LogP contribution in [-0.2, 0) is 0 Å². The van der Waals surface area contributed by atoms with Gasteiger partial charge in [-0.1, -0.05) is 0 Å². The summed E-state index contributed by atoms with van der Waals surface area (Å²) in [5.74, 6) is 0. The van der Waals surface area contributed by atoms with Crippen LogP contribution in [0.15, 0.2) is 0 Å². The van der Waals surface area contributed by atoms with Gasteiger partial charge in [0, 0.05) is 0 Å². The predicted octanol–water partition coefficient (Wildman–Crippen LogP) is 1.19. The third-order valence-corrected chi connectivity index (χ3v) is 7.87. The molecule has 0 radical (unpaired) electrons. The van der Waals surface area contributed by atoms with E-state index < -0.39 is 7.71 Å². The Morgan fingerprint density at radius 1 is 0.750 bits per heavy atom. The van der Waals surface area contributed by atoms with Crippen molar-refractivity contribution in [3.63, 3.8) is 0 Å². The Bertz CT molecular complexity index is 112. The molecule has 0 aromatic carbocycles. The fourth-order valence-electron chi connectivity index (χ4n) is 2.15. The van der Waals surface area contributed by atoms with Gasteiger partial charge in [-0.05, 0) is 0 Å². The van der Waals surface area contributed by atoms with E-state index in [9.17, 15) is 0 Å². The van der Waals surface area contributed by atoms with Gasteiger partial charge in [0.15, 0.2) is 0 Å². The van der Waals surface area contributed by atoms with Crippen LogP contribution >= 0.6 is 7.71 Å². The molecule has 0 aromatic heterocycles. The van der Waals surface area contributed by atoms with Crippen LogP contribution in [0, 0.1) is 0 Å². The molecule has 0 amide bonds. The molecule has 3 nitrogen and oxygen atoms in total. The molecule has 0 atom stereocenters. The fourth-order valence-corrected chi connectivity index (χ4v) is 6.45. The van der Waals surface area contributed by atoms with Gasteiger partial charge in [0.1, 0.15) is 0 Å². The summed E-state index contributed by atoms with van der Waals surface area (Å²) in [6.07, 6.45) is 1.22. The van der Waals surface area contributed by atoms with Gasteiger partial charge < -0.3 is 0 Å². The Labute approximate surface area is 77.8 Å². The summed E-state index contributed by atoms with van der Waals surface area (Å²) in [6, 6.07) is 0. The molecule has 0 aliphatic carbocycles. The SMILES string of the molecule is CC[PH](N(C)C)(N(C)C)N(C)C. The third kappa shape index (κ3) is 1.97. The summed E-state index contributed by atoms with van der Waals surface area (Å²) in [5.41, 5.74) is 0. The maximum atomic E-state index is 2.38. The van der Waals surface area contributed by atoms with Gasteiger partial charge >= 0.3 is 77.1 Å². The first-order valence-electron chi connectivity index (χ1n) is 4.41. The van der Waals surface area contributed by atoms with Crippen LogP contribution in [0.3, 0.4) is 0 Å². The molecule has 0 bridgehead atoms. The molecule has 76 valence electrons. The molecule has 0 aromatic rings. The summed E-state index contributed by atoms with van der Waals surface area (Å²) in [5, 5.41) is 0. The molecule has 12 heavy (non-hydrogen) atoms. The van der Waals surface area contributed by atoms with Crippen molar-refractivity contribution < 1.29 is 0 Å². The van der Waals surface area contributed by atoms with E-state index in [1.807, 2.05) is 0 Å². The van der Waals surface area contributed by atoms with E-state index >= 15 is 0 Å². The number of nitrogens with zero attached hydrogens (tertiary/aromatic N) is 3. The van der Waals surface area contributed by atoms with Gasteiger partial charge in [-0.2, -0.15) is 0 Å². The molecule has 4 heteroatoms. The quantitative estimate of drug-likeness (QED) is 0.621. The van der Waals surface area contributed by atoms with Crippen molar-refractivity contribution in [1.29, 1.82) is 0 Å². The number of hydrogen-bond donors (Lipinski definition) is 0. The van der Waals surface area contributed by atoms with Crippen LogP contribution in [0.4, 0.5) is 0 Å². The number of rotatable bonds is 4. The second-order valence-electron chi connectivity index (χ2n) is 3.81. The Morgan fingerprint density at radius 3 is 1.00 bits per heavy atom. The van der Waals surface area contributed by atoms with Crippen LogP contribution < -0.4 is 0 Å². The van der Waals surface area contributed by atoms with Crippen LogP contribution in [0.2, 0.25) is 0 Å². The summed E-state index contributed by atoms with van der Waals surface area (Å²) >= 11 is 0. The Hall–Kier alpha value is 0.310. The van der Waals surface area contributed by atoms with Crippen molar-refractivity contribution in [3.05, 3.63) is 0 Å². The van der Waals surface area contributed by atoms with E-state index in [-0.39, 0.29) is 0 Å². The van der Waals surface area contributed by atoms with E-state index in [1.54, 1.807) is 0 Å². The Morgan fingerprint density at radius 2 is 1.00 bits per heavy atom. The van der Waals surface area contributed by atoms with Crippen molar-refractivity contribution in [1.82, 2.24) is 14.0 Å². The predicted molar refractivity (Wildman–Crippen MR) is 59.9 cm³/mol. The van der Waals surface area contributed by atoms with Crippen molar-refractivity contribution in [2.24, 2.45) is 0 Å². The molecular formula is C8H24N3P. The van der Waals surface area contributed by atoms with Gasteiger partial charge in [-0.25, -0.2) is 0 Å². The molecule has 0 saturated carbocycles. The molecule has 0 N–H and O–H groups in total. The molecular weight excluding hydrogens is 169 g/mol. The van der Waals surface area contributed by atoms with Gasteiger partial charge in [-0.3, -0.25) is 0 Å². The Kier molecular flexibility index (Phi) is 4.64. The third-order valence-electron chi connectivity index (χ3n) is 2.62. The molecule has 0 fully saturated rings. The van der Waals surface area contributed by atoms with Crippen LogP contribution in [0.1, 0.15) is 6.92 Å². The minimum atomic E-state index is -1.50. The average molecular weight is 193 g/mol. The van der Waals surface area contributed by atoms with Gasteiger partial charge in [-0.15, -0.1) is 0 Å². The molecule has 0 unspecified atom stereocenters. The van der Waals surface area contributed by atoms with Crippen molar-refractivity contribution in [2.75, 3.05) is 48.4 Å². The molecule has 0 heterocycles. The van der Waals surface area contributed by atoms with Crippen LogP contribution in [-0.4, -0.2) is 62.5 Å². The normalized spacial score (nSPS) is 14.8. The van der Waals surface area contributed by atoms with Crippen LogP contribution in [0.25, 0.3) is 0 Å². The fraction of sp³-hybridized carbons (Fsp3) is 1.00. The summed E-state index contributed by atoms with van der Waals surface area (Å²) < 4.78 is 7.15. The number of hydrogen-bond acceptors (Lipinski definition) is 3. The molecule has 0 spiro atoms. The maximum absolute atomic E-state index is 2.38. The van der Waals surface area contributed by atoms with Crippen molar-refractivity contribution in [2.45, 2.75) is 6.92 Å². The van der Waals surface area contributed by atoms with Gasteiger partial charge in [0.2, 0.25) is 0 Å². The monoisotopic (exact) mass is 193 g/mol. The first-order chi connectivity index (χ1) is 5.39. The molecule has 0 aliphatic heterocycles. The topological polar surface area (TPSA) is 9.72 Å². The van der Waals surface area contributed by atoms with Crippen molar-refractivity contribution in [3.8, 4) is 0 Å². The zero-order valence-corrected chi connectivity index (χ0v) is 10.5. The summed E-state index contributed by atoms with van der Waals surface area (Å²) in [6.45, 7) is 2.27. The Balaban J connectivity index is 4.77. The zero-order valence-electron chi connectivity index (χ0n) is 9.55. The van der Waals surface area contributed by atoms with E-state index in [1.165, 1.54) is 6.16 Å². The summed E-state index contributed by atoms with van der Waals surface area (Å²) in [7, 11) is 11.6. The van der Waals surface area contributed by atoms with E-state index in [0.717, 1.165) is 0 Å². The average Bonchev–Trinajstić information content (AvgIpc) is 1.86. The van der Waals surface area contributed by atoms with E-state index in [4.69, 9.17) is 0 Å². The molecule has 0 rings (SSSR count). The van der Waals surface area contributed by atoms with Gasteiger partial charge in [0.25, 0.3) is 0 Å².